The van der Waals surface area contributed by atoms with Gasteiger partial charge in [0, 0.05) is 11.1 Å². The Kier molecular flexibility index (Phi) is 3.54. The maximum atomic E-state index is 5.78. The average Bonchev–Trinajstić information content (AvgIpc) is 2.47. The SMILES string of the molecule is NC1N=C(CCl)NC(Nc2cccc3ccccc23)=N1. The van der Waals surface area contributed by atoms with Crippen LogP contribution in [0.15, 0.2) is 52.4 Å². The smallest absolute Gasteiger partial charge is 0.204 e. The van der Waals surface area contributed by atoms with Gasteiger partial charge >= 0.3 is 0 Å². The number of anilines is 1. The lowest BCUT2D eigenvalue weighted by Gasteiger charge is -2.19. The molecule has 0 fully saturated rings. The Labute approximate surface area is 121 Å². The van der Waals surface area contributed by atoms with Gasteiger partial charge in [-0.05, 0) is 11.5 Å². The molecule has 1 atom stereocenters. The number of guanidine groups is 1. The molecule has 0 saturated heterocycles. The van der Waals surface area contributed by atoms with Crippen LogP contribution in [0.5, 0.6) is 0 Å². The molecule has 20 heavy (non-hydrogen) atoms. The Morgan fingerprint density at radius 3 is 2.80 bits per heavy atom. The summed E-state index contributed by atoms with van der Waals surface area (Å²) >= 11 is 5.78. The van der Waals surface area contributed by atoms with E-state index in [1.54, 1.807) is 0 Å². The molecule has 0 saturated carbocycles. The van der Waals surface area contributed by atoms with Gasteiger partial charge in [0.25, 0.3) is 0 Å². The Morgan fingerprint density at radius 2 is 1.95 bits per heavy atom. The number of nitrogens with zero attached hydrogens (tertiary/aromatic N) is 2. The Balaban J connectivity index is 1.91. The second-order valence-corrected chi connectivity index (χ2v) is 4.64. The first-order valence-corrected chi connectivity index (χ1v) is 6.77. The second-order valence-electron chi connectivity index (χ2n) is 4.38. The summed E-state index contributed by atoms with van der Waals surface area (Å²) in [6, 6.07) is 14.2. The van der Waals surface area contributed by atoms with Gasteiger partial charge in [0.1, 0.15) is 5.84 Å². The number of hydrogen-bond acceptors (Lipinski definition) is 5. The van der Waals surface area contributed by atoms with Gasteiger partial charge in [0.15, 0.2) is 6.29 Å². The fourth-order valence-corrected chi connectivity index (χ4v) is 2.25. The van der Waals surface area contributed by atoms with Crippen molar-refractivity contribution >= 4 is 39.9 Å². The van der Waals surface area contributed by atoms with Crippen LogP contribution < -0.4 is 16.4 Å². The Morgan fingerprint density at radius 1 is 1.15 bits per heavy atom. The molecule has 1 aliphatic rings. The minimum absolute atomic E-state index is 0.268. The van der Waals surface area contributed by atoms with Crippen LogP contribution in [-0.2, 0) is 0 Å². The van der Waals surface area contributed by atoms with Crippen LogP contribution >= 0.6 is 11.6 Å². The van der Waals surface area contributed by atoms with Crippen molar-refractivity contribution in [1.29, 1.82) is 0 Å². The molecule has 1 aliphatic heterocycles. The highest BCUT2D eigenvalue weighted by Gasteiger charge is 2.13. The molecular weight excluding hydrogens is 274 g/mol. The number of fused-ring (bicyclic) bond motifs is 1. The van der Waals surface area contributed by atoms with Crippen LogP contribution in [0.1, 0.15) is 0 Å². The van der Waals surface area contributed by atoms with Crippen LogP contribution in [0.25, 0.3) is 10.8 Å². The second kappa shape index (κ2) is 5.48. The summed E-state index contributed by atoms with van der Waals surface area (Å²) in [5.41, 5.74) is 6.70. The van der Waals surface area contributed by atoms with Gasteiger partial charge in [0.2, 0.25) is 5.96 Å². The summed E-state index contributed by atoms with van der Waals surface area (Å²) < 4.78 is 0. The third-order valence-electron chi connectivity index (χ3n) is 2.98. The predicted molar refractivity (Wildman–Crippen MR) is 84.3 cm³/mol. The molecule has 6 heteroatoms. The monoisotopic (exact) mass is 287 g/mol. The van der Waals surface area contributed by atoms with Crippen LogP contribution in [0.2, 0.25) is 0 Å². The van der Waals surface area contributed by atoms with Crippen molar-refractivity contribution < 1.29 is 0 Å². The summed E-state index contributed by atoms with van der Waals surface area (Å²) in [5, 5.41) is 8.53. The molecule has 5 nitrogen and oxygen atoms in total. The number of alkyl halides is 1. The van der Waals surface area contributed by atoms with E-state index in [1.165, 1.54) is 0 Å². The van der Waals surface area contributed by atoms with Crippen LogP contribution in [0.4, 0.5) is 5.69 Å². The van der Waals surface area contributed by atoms with Crippen molar-refractivity contribution in [3.8, 4) is 0 Å². The molecule has 1 heterocycles. The van der Waals surface area contributed by atoms with E-state index in [2.05, 4.69) is 38.8 Å². The molecule has 2 aromatic carbocycles. The number of aliphatic imine (C=N–C) groups is 2. The zero-order chi connectivity index (χ0) is 13.9. The summed E-state index contributed by atoms with van der Waals surface area (Å²) in [5.74, 6) is 1.43. The van der Waals surface area contributed by atoms with Gasteiger partial charge < -0.3 is 10.6 Å². The first kappa shape index (κ1) is 12.9. The highest BCUT2D eigenvalue weighted by Crippen LogP contribution is 2.22. The third kappa shape index (κ3) is 2.59. The molecule has 3 rings (SSSR count). The number of halogens is 1. The number of hydrogen-bond donors (Lipinski definition) is 3. The number of amidine groups is 1. The van der Waals surface area contributed by atoms with Gasteiger partial charge in [-0.25, -0.2) is 9.98 Å². The molecule has 0 aliphatic carbocycles. The number of nitrogens with two attached hydrogens (primary N) is 1. The molecule has 0 spiro atoms. The molecule has 0 aromatic heterocycles. The van der Waals surface area contributed by atoms with Crippen molar-refractivity contribution in [2.75, 3.05) is 11.2 Å². The van der Waals surface area contributed by atoms with E-state index in [-0.39, 0.29) is 5.88 Å². The third-order valence-corrected chi connectivity index (χ3v) is 3.23. The van der Waals surface area contributed by atoms with Gasteiger partial charge in [-0.15, -0.1) is 11.6 Å². The zero-order valence-electron chi connectivity index (χ0n) is 10.7. The normalized spacial score (nSPS) is 18.2. The largest absolute Gasteiger partial charge is 0.325 e. The highest BCUT2D eigenvalue weighted by atomic mass is 35.5. The summed E-state index contributed by atoms with van der Waals surface area (Å²) in [6.45, 7) is 0. The van der Waals surface area contributed by atoms with Gasteiger partial charge in [-0.2, -0.15) is 0 Å². The molecule has 1 unspecified atom stereocenters. The number of benzene rings is 2. The molecule has 0 bridgehead atoms. The van der Waals surface area contributed by atoms with Crippen molar-refractivity contribution in [1.82, 2.24) is 5.32 Å². The molecule has 102 valence electrons. The number of rotatable bonds is 2. The van der Waals surface area contributed by atoms with Crippen molar-refractivity contribution in [2.24, 2.45) is 15.7 Å². The molecule has 0 radical (unpaired) electrons. The maximum absolute atomic E-state index is 5.78. The van der Waals surface area contributed by atoms with Gasteiger partial charge in [0.05, 0.1) is 5.88 Å². The fourth-order valence-electron chi connectivity index (χ4n) is 2.12. The average molecular weight is 288 g/mol. The Hall–Kier alpha value is -2.11. The van der Waals surface area contributed by atoms with Crippen LogP contribution in [-0.4, -0.2) is 24.0 Å². The molecular formula is C14H14ClN5. The lowest BCUT2D eigenvalue weighted by atomic mass is 10.1. The van der Waals surface area contributed by atoms with E-state index in [1.807, 2.05) is 24.3 Å². The predicted octanol–water partition coefficient (Wildman–Crippen LogP) is 2.09. The molecule has 4 N–H and O–H groups in total. The highest BCUT2D eigenvalue weighted by molar-refractivity contribution is 6.30. The quantitative estimate of drug-likeness (QED) is 0.741. The van der Waals surface area contributed by atoms with E-state index >= 15 is 0 Å². The number of nitrogens with one attached hydrogen (secondary N) is 2. The first-order valence-electron chi connectivity index (χ1n) is 6.24. The van der Waals surface area contributed by atoms with Crippen molar-refractivity contribution in [2.45, 2.75) is 6.29 Å². The lowest BCUT2D eigenvalue weighted by molar-refractivity contribution is 0.732. The van der Waals surface area contributed by atoms with E-state index in [9.17, 15) is 0 Å². The van der Waals surface area contributed by atoms with Crippen LogP contribution in [0, 0.1) is 0 Å². The topological polar surface area (TPSA) is 74.8 Å². The van der Waals surface area contributed by atoms with Gasteiger partial charge in [-0.3, -0.25) is 5.73 Å². The summed E-state index contributed by atoms with van der Waals surface area (Å²) in [4.78, 5) is 8.29. The van der Waals surface area contributed by atoms with E-state index in [0.29, 0.717) is 11.8 Å². The standard InChI is InChI=1S/C14H14ClN5/c15-8-12-18-13(16)20-14(19-12)17-11-7-3-5-9-4-1-2-6-10(9)11/h1-7,13H,8,16H2,(H2,17,18,19,20). The Bertz CT molecular complexity index is 690. The van der Waals surface area contributed by atoms with E-state index in [0.717, 1.165) is 16.5 Å². The van der Waals surface area contributed by atoms with E-state index < -0.39 is 6.29 Å². The first-order chi connectivity index (χ1) is 9.76. The van der Waals surface area contributed by atoms with E-state index in [4.69, 9.17) is 17.3 Å². The minimum atomic E-state index is -0.623. The van der Waals surface area contributed by atoms with Crippen molar-refractivity contribution in [3.05, 3.63) is 42.5 Å². The zero-order valence-corrected chi connectivity index (χ0v) is 11.4. The summed E-state index contributed by atoms with van der Waals surface area (Å²) in [6.07, 6.45) is -0.623. The fraction of sp³-hybridized carbons (Fsp3) is 0.143. The summed E-state index contributed by atoms with van der Waals surface area (Å²) in [7, 11) is 0. The molecule has 2 aromatic rings. The van der Waals surface area contributed by atoms with Crippen molar-refractivity contribution in [3.63, 3.8) is 0 Å². The maximum Gasteiger partial charge on any atom is 0.204 e. The lowest BCUT2D eigenvalue weighted by Crippen LogP contribution is -2.43. The molecule has 0 amide bonds. The van der Waals surface area contributed by atoms with Crippen LogP contribution in [0.3, 0.4) is 0 Å². The minimum Gasteiger partial charge on any atom is -0.325 e. The van der Waals surface area contributed by atoms with Gasteiger partial charge in [-0.1, -0.05) is 36.4 Å².